The lowest BCUT2D eigenvalue weighted by Gasteiger charge is -2.10. The Hall–Kier alpha value is -3.13. The van der Waals surface area contributed by atoms with E-state index in [2.05, 4.69) is 20.6 Å². The Labute approximate surface area is 166 Å². The molecule has 0 fully saturated rings. The number of fused-ring (bicyclic) bond motifs is 1. The molecule has 0 spiro atoms. The summed E-state index contributed by atoms with van der Waals surface area (Å²) in [5, 5.41) is 17.2. The Morgan fingerprint density at radius 2 is 1.89 bits per heavy atom. The summed E-state index contributed by atoms with van der Waals surface area (Å²) in [7, 11) is 0. The number of nitrogens with one attached hydrogen (secondary N) is 1. The number of aryl methyl sites for hydroxylation is 2. The predicted octanol–water partition coefficient (Wildman–Crippen LogP) is 4.40. The highest BCUT2D eigenvalue weighted by Gasteiger charge is 2.19. The first-order valence-corrected chi connectivity index (χ1v) is 9.81. The summed E-state index contributed by atoms with van der Waals surface area (Å²) < 4.78 is 1.83. The van der Waals surface area contributed by atoms with Gasteiger partial charge in [0.15, 0.2) is 5.65 Å². The molecule has 7 nitrogen and oxygen atoms in total. The zero-order valence-electron chi connectivity index (χ0n) is 16.1. The second-order valence-corrected chi connectivity index (χ2v) is 8.10. The van der Waals surface area contributed by atoms with Gasteiger partial charge >= 0.3 is 0 Å². The molecule has 0 aliphatic carbocycles. The molecule has 0 saturated carbocycles. The van der Waals surface area contributed by atoms with E-state index in [9.17, 15) is 4.79 Å². The quantitative estimate of drug-likeness (QED) is 0.556. The first-order valence-electron chi connectivity index (χ1n) is 8.99. The van der Waals surface area contributed by atoms with Crippen molar-refractivity contribution in [2.24, 2.45) is 0 Å². The number of hydrogen-bond donors (Lipinski definition) is 1. The molecule has 142 valence electrons. The van der Waals surface area contributed by atoms with Crippen LogP contribution in [0.25, 0.3) is 22.3 Å². The van der Waals surface area contributed by atoms with Gasteiger partial charge in [0.2, 0.25) is 5.13 Å². The third kappa shape index (κ3) is 3.38. The van der Waals surface area contributed by atoms with E-state index in [-0.39, 0.29) is 11.9 Å². The number of hydrogen-bond acceptors (Lipinski definition) is 6. The second kappa shape index (κ2) is 7.12. The van der Waals surface area contributed by atoms with E-state index >= 15 is 0 Å². The van der Waals surface area contributed by atoms with Crippen LogP contribution in [0, 0.1) is 13.8 Å². The standard InChI is InChI=1S/C20H20N6OS/c1-11(2)26-18-16(10-21-26)15(19(27)23-20-25-24-13(4)28-20)9-17(22-18)14-7-5-12(3)6-8-14/h5-11H,1-4H3,(H,23,25,27). The van der Waals surface area contributed by atoms with E-state index in [0.29, 0.717) is 21.7 Å². The van der Waals surface area contributed by atoms with Crippen molar-refractivity contribution in [2.45, 2.75) is 33.7 Å². The lowest BCUT2D eigenvalue weighted by Crippen LogP contribution is -2.13. The molecule has 4 aromatic rings. The van der Waals surface area contributed by atoms with Crippen LogP contribution in [-0.4, -0.2) is 30.9 Å². The molecule has 0 saturated heterocycles. The summed E-state index contributed by atoms with van der Waals surface area (Å²) in [4.78, 5) is 17.8. The van der Waals surface area contributed by atoms with Crippen LogP contribution in [-0.2, 0) is 0 Å². The summed E-state index contributed by atoms with van der Waals surface area (Å²) in [6, 6.07) is 10.0. The van der Waals surface area contributed by atoms with E-state index < -0.39 is 0 Å². The lowest BCUT2D eigenvalue weighted by atomic mass is 10.1. The minimum absolute atomic E-state index is 0.125. The van der Waals surface area contributed by atoms with Crippen LogP contribution in [0.2, 0.25) is 0 Å². The largest absolute Gasteiger partial charge is 0.296 e. The monoisotopic (exact) mass is 392 g/mol. The fraction of sp³-hybridized carbons (Fsp3) is 0.250. The van der Waals surface area contributed by atoms with Gasteiger partial charge in [0.1, 0.15) is 5.01 Å². The van der Waals surface area contributed by atoms with E-state index in [1.807, 2.05) is 62.7 Å². The Morgan fingerprint density at radius 1 is 1.14 bits per heavy atom. The Kier molecular flexibility index (Phi) is 4.64. The van der Waals surface area contributed by atoms with Crippen molar-refractivity contribution in [3.8, 4) is 11.3 Å². The minimum atomic E-state index is -0.250. The molecule has 28 heavy (non-hydrogen) atoms. The fourth-order valence-corrected chi connectivity index (χ4v) is 3.55. The predicted molar refractivity (Wildman–Crippen MR) is 111 cm³/mol. The molecule has 4 rings (SSSR count). The van der Waals surface area contributed by atoms with Gasteiger partial charge in [-0.3, -0.25) is 10.1 Å². The molecule has 1 amide bonds. The van der Waals surface area contributed by atoms with Crippen molar-refractivity contribution < 1.29 is 4.79 Å². The van der Waals surface area contributed by atoms with Crippen molar-refractivity contribution in [1.82, 2.24) is 25.0 Å². The smallest absolute Gasteiger partial charge is 0.258 e. The number of amides is 1. The molecule has 0 unspecified atom stereocenters. The zero-order valence-corrected chi connectivity index (χ0v) is 16.9. The van der Waals surface area contributed by atoms with Gasteiger partial charge in [-0.1, -0.05) is 41.2 Å². The second-order valence-electron chi connectivity index (χ2n) is 6.92. The molecule has 0 radical (unpaired) electrons. The van der Waals surface area contributed by atoms with E-state index in [4.69, 9.17) is 4.98 Å². The molecule has 0 bridgehead atoms. The normalized spacial score (nSPS) is 11.3. The summed E-state index contributed by atoms with van der Waals surface area (Å²) in [5.74, 6) is -0.250. The van der Waals surface area contributed by atoms with Gasteiger partial charge in [0, 0.05) is 11.6 Å². The minimum Gasteiger partial charge on any atom is -0.296 e. The maximum absolute atomic E-state index is 13.0. The Morgan fingerprint density at radius 3 is 2.54 bits per heavy atom. The number of anilines is 1. The number of carbonyl (C=O) groups excluding carboxylic acids is 1. The van der Waals surface area contributed by atoms with Gasteiger partial charge in [-0.05, 0) is 33.8 Å². The van der Waals surface area contributed by atoms with Crippen molar-refractivity contribution in [1.29, 1.82) is 0 Å². The van der Waals surface area contributed by atoms with E-state index in [1.165, 1.54) is 16.9 Å². The molecule has 1 aromatic carbocycles. The molecule has 0 atom stereocenters. The maximum atomic E-state index is 13.0. The molecule has 0 aliphatic rings. The highest BCUT2D eigenvalue weighted by atomic mass is 32.1. The first-order chi connectivity index (χ1) is 13.4. The molecular weight excluding hydrogens is 372 g/mol. The van der Waals surface area contributed by atoms with Crippen molar-refractivity contribution in [3.63, 3.8) is 0 Å². The van der Waals surface area contributed by atoms with Crippen LogP contribution in [0.4, 0.5) is 5.13 Å². The number of rotatable bonds is 4. The van der Waals surface area contributed by atoms with Crippen LogP contribution < -0.4 is 5.32 Å². The van der Waals surface area contributed by atoms with Gasteiger partial charge in [-0.15, -0.1) is 10.2 Å². The third-order valence-corrected chi connectivity index (χ3v) is 5.15. The number of carbonyl (C=O) groups is 1. The summed E-state index contributed by atoms with van der Waals surface area (Å²) >= 11 is 1.34. The van der Waals surface area contributed by atoms with Crippen molar-refractivity contribution in [2.75, 3.05) is 5.32 Å². The van der Waals surface area contributed by atoms with Crippen LogP contribution in [0.5, 0.6) is 0 Å². The topological polar surface area (TPSA) is 85.6 Å². The number of pyridine rings is 1. The van der Waals surface area contributed by atoms with Gasteiger partial charge in [0.25, 0.3) is 5.91 Å². The van der Waals surface area contributed by atoms with Gasteiger partial charge < -0.3 is 0 Å². The molecule has 1 N–H and O–H groups in total. The fourth-order valence-electron chi connectivity index (χ4n) is 2.97. The van der Waals surface area contributed by atoms with Gasteiger partial charge in [-0.2, -0.15) is 5.10 Å². The molecule has 8 heteroatoms. The van der Waals surface area contributed by atoms with Gasteiger partial charge in [0.05, 0.1) is 22.8 Å². The summed E-state index contributed by atoms with van der Waals surface area (Å²) in [5.41, 5.74) is 4.05. The van der Waals surface area contributed by atoms with Crippen molar-refractivity contribution in [3.05, 3.63) is 52.7 Å². The first kappa shape index (κ1) is 18.2. The van der Waals surface area contributed by atoms with Crippen LogP contribution in [0.15, 0.2) is 36.5 Å². The number of aromatic nitrogens is 5. The highest BCUT2D eigenvalue weighted by molar-refractivity contribution is 7.15. The molecule has 0 aliphatic heterocycles. The SMILES string of the molecule is Cc1ccc(-c2cc(C(=O)Nc3nnc(C)s3)c3cnn(C(C)C)c3n2)cc1. The Balaban J connectivity index is 1.85. The Bertz CT molecular complexity index is 1160. The maximum Gasteiger partial charge on any atom is 0.258 e. The van der Waals surface area contributed by atoms with E-state index in [1.54, 1.807) is 6.20 Å². The van der Waals surface area contributed by atoms with Crippen LogP contribution >= 0.6 is 11.3 Å². The van der Waals surface area contributed by atoms with Crippen molar-refractivity contribution >= 4 is 33.4 Å². The van der Waals surface area contributed by atoms with Gasteiger partial charge in [-0.25, -0.2) is 9.67 Å². The number of benzene rings is 1. The molecule has 3 aromatic heterocycles. The van der Waals surface area contributed by atoms with Crippen LogP contribution in [0.1, 0.15) is 40.8 Å². The summed E-state index contributed by atoms with van der Waals surface area (Å²) in [6.07, 6.45) is 1.70. The van der Waals surface area contributed by atoms with E-state index in [0.717, 1.165) is 16.3 Å². The molecule has 3 heterocycles. The average Bonchev–Trinajstić information content (AvgIpc) is 3.27. The summed E-state index contributed by atoms with van der Waals surface area (Å²) in [6.45, 7) is 7.96. The highest BCUT2D eigenvalue weighted by Crippen LogP contribution is 2.27. The zero-order chi connectivity index (χ0) is 19.8. The van der Waals surface area contributed by atoms with Crippen LogP contribution in [0.3, 0.4) is 0 Å². The number of nitrogens with zero attached hydrogens (tertiary/aromatic N) is 5. The third-order valence-electron chi connectivity index (χ3n) is 4.39. The lowest BCUT2D eigenvalue weighted by molar-refractivity contribution is 0.102. The molecular formula is C20H20N6OS. The average molecular weight is 392 g/mol.